The summed E-state index contributed by atoms with van der Waals surface area (Å²) < 4.78 is 1.56. The summed E-state index contributed by atoms with van der Waals surface area (Å²) in [6, 6.07) is 11.8. The first kappa shape index (κ1) is 14.2. The summed E-state index contributed by atoms with van der Waals surface area (Å²) in [4.78, 5) is 17.1. The normalized spacial score (nSPS) is 11.1. The number of rotatable bonds is 3. The third-order valence-corrected chi connectivity index (χ3v) is 4.67. The number of nitrogens with zero attached hydrogens (tertiary/aromatic N) is 2. The summed E-state index contributed by atoms with van der Waals surface area (Å²) in [7, 11) is 1.73. The van der Waals surface area contributed by atoms with Crippen molar-refractivity contribution in [3.05, 3.63) is 58.4 Å². The lowest BCUT2D eigenvalue weighted by molar-refractivity contribution is 0.727. The van der Waals surface area contributed by atoms with Gasteiger partial charge in [-0.05, 0) is 22.9 Å². The van der Waals surface area contributed by atoms with Crippen LogP contribution >= 0.6 is 23.4 Å². The van der Waals surface area contributed by atoms with E-state index in [9.17, 15) is 4.79 Å². The summed E-state index contributed by atoms with van der Waals surface area (Å²) in [5, 5.41) is 3.92. The molecule has 0 saturated carbocycles. The molecule has 0 unspecified atom stereocenters. The fourth-order valence-corrected chi connectivity index (χ4v) is 3.10. The van der Waals surface area contributed by atoms with Gasteiger partial charge in [-0.2, -0.15) is 0 Å². The van der Waals surface area contributed by atoms with E-state index in [1.165, 1.54) is 11.8 Å². The highest BCUT2D eigenvalue weighted by Crippen LogP contribution is 2.23. The number of benzene rings is 2. The van der Waals surface area contributed by atoms with Gasteiger partial charge in [0.25, 0.3) is 5.56 Å². The molecule has 1 aromatic heterocycles. The Labute approximate surface area is 131 Å². The summed E-state index contributed by atoms with van der Waals surface area (Å²) in [6.07, 6.45) is 0. The van der Waals surface area contributed by atoms with Gasteiger partial charge in [0.1, 0.15) is 0 Å². The van der Waals surface area contributed by atoms with E-state index >= 15 is 0 Å². The standard InChI is InChI=1S/C16H13ClN2OS/c1-10(17)9-21-16-18-14-8-12-6-4-3-5-11(12)7-13(14)15(20)19(16)2/h3-8H,1,9H2,2H3. The van der Waals surface area contributed by atoms with Crippen molar-refractivity contribution < 1.29 is 0 Å². The van der Waals surface area contributed by atoms with Crippen LogP contribution in [0.2, 0.25) is 0 Å². The zero-order valence-electron chi connectivity index (χ0n) is 11.5. The van der Waals surface area contributed by atoms with Gasteiger partial charge in [0, 0.05) is 17.8 Å². The first-order chi connectivity index (χ1) is 10.1. The SMILES string of the molecule is C=C(Cl)CSc1nc2cc3ccccc3cc2c(=O)n1C. The Hall–Kier alpha value is -1.78. The molecule has 0 N–H and O–H groups in total. The Morgan fingerprint density at radius 2 is 2.00 bits per heavy atom. The summed E-state index contributed by atoms with van der Waals surface area (Å²) in [5.74, 6) is 0.529. The molecule has 106 valence electrons. The van der Waals surface area contributed by atoms with Gasteiger partial charge < -0.3 is 0 Å². The highest BCUT2D eigenvalue weighted by Gasteiger charge is 2.10. The molecular weight excluding hydrogens is 304 g/mol. The second-order valence-corrected chi connectivity index (χ2v) is 6.26. The Morgan fingerprint density at radius 1 is 1.33 bits per heavy atom. The maximum atomic E-state index is 12.5. The van der Waals surface area contributed by atoms with Crippen molar-refractivity contribution in [3.8, 4) is 0 Å². The molecule has 2 aromatic carbocycles. The molecule has 0 atom stereocenters. The number of hydrogen-bond donors (Lipinski definition) is 0. The van der Waals surface area contributed by atoms with Gasteiger partial charge in [0.05, 0.1) is 10.9 Å². The Balaban J connectivity index is 2.24. The number of halogens is 1. The molecule has 3 aromatic rings. The third-order valence-electron chi connectivity index (χ3n) is 3.26. The van der Waals surface area contributed by atoms with Crippen LogP contribution in [0.3, 0.4) is 0 Å². The van der Waals surface area contributed by atoms with E-state index in [2.05, 4.69) is 11.6 Å². The summed E-state index contributed by atoms with van der Waals surface area (Å²) >= 11 is 7.20. The molecule has 0 spiro atoms. The average Bonchev–Trinajstić information content (AvgIpc) is 2.48. The molecule has 1 heterocycles. The van der Waals surface area contributed by atoms with Crippen LogP contribution in [0.4, 0.5) is 0 Å². The zero-order valence-corrected chi connectivity index (χ0v) is 13.0. The van der Waals surface area contributed by atoms with Crippen molar-refractivity contribution in [3.63, 3.8) is 0 Å². The number of aromatic nitrogens is 2. The predicted octanol–water partition coefficient (Wildman–Crippen LogP) is 3.93. The van der Waals surface area contributed by atoms with E-state index in [1.54, 1.807) is 11.6 Å². The van der Waals surface area contributed by atoms with Crippen LogP contribution in [0.15, 0.2) is 58.0 Å². The van der Waals surface area contributed by atoms with Crippen molar-refractivity contribution >= 4 is 45.0 Å². The van der Waals surface area contributed by atoms with Crippen molar-refractivity contribution in [2.45, 2.75) is 5.16 Å². The molecule has 21 heavy (non-hydrogen) atoms. The minimum atomic E-state index is -0.0477. The quantitative estimate of drug-likeness (QED) is 0.417. The maximum Gasteiger partial charge on any atom is 0.261 e. The fraction of sp³-hybridized carbons (Fsp3) is 0.125. The summed E-state index contributed by atoms with van der Waals surface area (Å²) in [5.41, 5.74) is 0.660. The smallest absolute Gasteiger partial charge is 0.261 e. The first-order valence-corrected chi connectivity index (χ1v) is 7.78. The van der Waals surface area contributed by atoms with Crippen LogP contribution in [0.5, 0.6) is 0 Å². The molecule has 5 heteroatoms. The van der Waals surface area contributed by atoms with Gasteiger partial charge in [-0.1, -0.05) is 54.2 Å². The molecule has 0 fully saturated rings. The van der Waals surface area contributed by atoms with Gasteiger partial charge in [0.2, 0.25) is 0 Å². The van der Waals surface area contributed by atoms with E-state index in [-0.39, 0.29) is 5.56 Å². The van der Waals surface area contributed by atoms with E-state index in [0.29, 0.717) is 26.8 Å². The molecule has 0 radical (unpaired) electrons. The molecule has 0 saturated heterocycles. The highest BCUT2D eigenvalue weighted by atomic mass is 35.5. The van der Waals surface area contributed by atoms with E-state index in [4.69, 9.17) is 11.6 Å². The number of fused-ring (bicyclic) bond motifs is 2. The first-order valence-electron chi connectivity index (χ1n) is 6.42. The number of hydrogen-bond acceptors (Lipinski definition) is 3. The second-order valence-electron chi connectivity index (χ2n) is 4.78. The third kappa shape index (κ3) is 2.69. The largest absolute Gasteiger partial charge is 0.290 e. The minimum absolute atomic E-state index is 0.0477. The highest BCUT2D eigenvalue weighted by molar-refractivity contribution is 7.99. The molecule has 0 amide bonds. The van der Waals surface area contributed by atoms with Gasteiger partial charge >= 0.3 is 0 Å². The van der Waals surface area contributed by atoms with Gasteiger partial charge in [-0.3, -0.25) is 9.36 Å². The van der Waals surface area contributed by atoms with Crippen LogP contribution in [-0.2, 0) is 7.05 Å². The van der Waals surface area contributed by atoms with E-state index < -0.39 is 0 Å². The van der Waals surface area contributed by atoms with Crippen LogP contribution in [0.25, 0.3) is 21.7 Å². The fourth-order valence-electron chi connectivity index (χ4n) is 2.21. The topological polar surface area (TPSA) is 34.9 Å². The monoisotopic (exact) mass is 316 g/mol. The van der Waals surface area contributed by atoms with E-state index in [0.717, 1.165) is 10.8 Å². The molecule has 0 aliphatic heterocycles. The maximum absolute atomic E-state index is 12.5. The van der Waals surface area contributed by atoms with Crippen molar-refractivity contribution in [2.24, 2.45) is 7.05 Å². The number of thioether (sulfide) groups is 1. The average molecular weight is 317 g/mol. The van der Waals surface area contributed by atoms with Crippen LogP contribution < -0.4 is 5.56 Å². The predicted molar refractivity (Wildman–Crippen MR) is 90.2 cm³/mol. The van der Waals surface area contributed by atoms with Gasteiger partial charge in [-0.25, -0.2) is 4.98 Å². The molecule has 0 aliphatic carbocycles. The molecule has 3 rings (SSSR count). The lowest BCUT2D eigenvalue weighted by Crippen LogP contribution is -2.20. The molecule has 0 bridgehead atoms. The van der Waals surface area contributed by atoms with Crippen molar-refractivity contribution in [2.75, 3.05) is 5.75 Å². The summed E-state index contributed by atoms with van der Waals surface area (Å²) in [6.45, 7) is 3.65. The second kappa shape index (κ2) is 5.54. The lowest BCUT2D eigenvalue weighted by atomic mass is 10.1. The van der Waals surface area contributed by atoms with Gasteiger partial charge in [-0.15, -0.1) is 0 Å². The lowest BCUT2D eigenvalue weighted by Gasteiger charge is -2.09. The van der Waals surface area contributed by atoms with Crippen LogP contribution in [-0.4, -0.2) is 15.3 Å². The van der Waals surface area contributed by atoms with Crippen LogP contribution in [0, 0.1) is 0 Å². The Morgan fingerprint density at radius 3 is 2.67 bits per heavy atom. The van der Waals surface area contributed by atoms with Gasteiger partial charge in [0.15, 0.2) is 5.16 Å². The molecule has 3 nitrogen and oxygen atoms in total. The van der Waals surface area contributed by atoms with E-state index in [1.807, 2.05) is 36.4 Å². The molecular formula is C16H13ClN2OS. The zero-order chi connectivity index (χ0) is 15.0. The van der Waals surface area contributed by atoms with Crippen molar-refractivity contribution in [1.29, 1.82) is 0 Å². The van der Waals surface area contributed by atoms with Crippen molar-refractivity contribution in [1.82, 2.24) is 9.55 Å². The minimum Gasteiger partial charge on any atom is -0.290 e. The Bertz CT molecular complexity index is 917. The van der Waals surface area contributed by atoms with Crippen LogP contribution in [0.1, 0.15) is 0 Å². The molecule has 0 aliphatic rings. The Kier molecular flexibility index (Phi) is 3.74.